The van der Waals surface area contributed by atoms with Crippen molar-refractivity contribution in [3.8, 4) is 0 Å². The maximum atomic E-state index is 15.1. The van der Waals surface area contributed by atoms with E-state index in [4.69, 9.17) is 28.4 Å². The molecule has 11 atom stereocenters. The lowest BCUT2D eigenvalue weighted by atomic mass is 9.44. The van der Waals surface area contributed by atoms with Gasteiger partial charge in [-0.2, -0.15) is 0 Å². The Labute approximate surface area is 375 Å². The second-order valence-electron chi connectivity index (χ2n) is 18.9. The molecule has 65 heavy (non-hydrogen) atoms. The second-order valence-corrected chi connectivity index (χ2v) is 18.9. The van der Waals surface area contributed by atoms with Gasteiger partial charge in [-0.3, -0.25) is 19.2 Å². The molecule has 1 amide bonds. The molecular formula is C47H57NO17. The second kappa shape index (κ2) is 17.9. The van der Waals surface area contributed by atoms with Crippen LogP contribution in [0.15, 0.2) is 71.8 Å². The number of carbonyl (C=O) groups is 7. The number of carboxylic acid groups (broad SMARTS) is 1. The summed E-state index contributed by atoms with van der Waals surface area (Å²) in [5.41, 5.74) is -8.90. The van der Waals surface area contributed by atoms with Crippen LogP contribution in [0, 0.1) is 16.7 Å². The summed E-state index contributed by atoms with van der Waals surface area (Å²) in [4.78, 5) is 95.2. The minimum atomic E-state index is -2.46. The van der Waals surface area contributed by atoms with Gasteiger partial charge >= 0.3 is 35.9 Å². The summed E-state index contributed by atoms with van der Waals surface area (Å²) in [6.45, 7) is 11.4. The van der Waals surface area contributed by atoms with Crippen LogP contribution in [0.5, 0.6) is 0 Å². The van der Waals surface area contributed by atoms with Gasteiger partial charge in [-0.1, -0.05) is 62.4 Å². The Balaban J connectivity index is 1.52. The van der Waals surface area contributed by atoms with Crippen molar-refractivity contribution in [2.24, 2.45) is 16.7 Å². The topological polar surface area (TPSA) is 268 Å². The number of aliphatic hydroxyl groups excluding tert-OH is 2. The largest absolute Gasteiger partial charge is 0.481 e. The van der Waals surface area contributed by atoms with Gasteiger partial charge in [0.1, 0.15) is 41.7 Å². The molecule has 0 aromatic heterocycles. The Morgan fingerprint density at radius 2 is 1.54 bits per heavy atom. The molecule has 18 heteroatoms. The predicted molar refractivity (Wildman–Crippen MR) is 224 cm³/mol. The van der Waals surface area contributed by atoms with Crippen LogP contribution >= 0.6 is 0 Å². The van der Waals surface area contributed by atoms with Gasteiger partial charge in [0, 0.05) is 25.2 Å². The summed E-state index contributed by atoms with van der Waals surface area (Å²) in [5, 5.41) is 49.8. The molecule has 6 rings (SSSR count). The smallest absolute Gasteiger partial charge is 0.408 e. The van der Waals surface area contributed by atoms with Crippen molar-refractivity contribution < 1.29 is 82.4 Å². The standard InChI is InChI=1S/C47H57NO17/c1-24-28(61-41(57)36(62-32(53)20-19-31(51)52)34(26-15-11-9-12-16-26)48-42(58)65-43(3,4)5)22-47(59)39(63-40(56)27-17-13-10-14-18-27)37-45(8,38(55)35(54)33(24)44(47,6)7)29(50)21-30-46(37,23-60-30)64-25(2)49/h9-18,28-30,34-37,39,50,54,59H,19-23H2,1-8H3,(H,48,58)(H,51,52)/t28-,29-,30+,34-,35+,36+,37?,39?,45+,46-,47+/m0/s1. The molecule has 2 aromatic rings. The first-order valence-corrected chi connectivity index (χ1v) is 21.4. The summed E-state index contributed by atoms with van der Waals surface area (Å²) in [5.74, 6) is -8.16. The summed E-state index contributed by atoms with van der Waals surface area (Å²) in [6, 6.07) is 14.0. The highest BCUT2D eigenvalue weighted by atomic mass is 16.6. The van der Waals surface area contributed by atoms with Crippen molar-refractivity contribution in [1.29, 1.82) is 0 Å². The number of hydrogen-bond acceptors (Lipinski definition) is 16. The summed E-state index contributed by atoms with van der Waals surface area (Å²) in [7, 11) is 0. The third-order valence-electron chi connectivity index (χ3n) is 13.3. The minimum Gasteiger partial charge on any atom is -0.481 e. The van der Waals surface area contributed by atoms with E-state index in [1.807, 2.05) is 0 Å². The van der Waals surface area contributed by atoms with Crippen molar-refractivity contribution >= 4 is 41.7 Å². The highest BCUT2D eigenvalue weighted by molar-refractivity contribution is 5.94. The summed E-state index contributed by atoms with van der Waals surface area (Å²) in [6.07, 6.45) is -13.5. The van der Waals surface area contributed by atoms with Gasteiger partial charge in [0.2, 0.25) is 6.10 Å². The number of aliphatic carboxylic acids is 1. The van der Waals surface area contributed by atoms with E-state index in [1.54, 1.807) is 57.2 Å². The zero-order valence-corrected chi connectivity index (χ0v) is 37.5. The molecule has 2 unspecified atom stereocenters. The number of carbonyl (C=O) groups excluding carboxylic acids is 6. The van der Waals surface area contributed by atoms with Gasteiger partial charge in [0.05, 0.1) is 42.4 Å². The van der Waals surface area contributed by atoms with E-state index in [1.165, 1.54) is 52.0 Å². The summed E-state index contributed by atoms with van der Waals surface area (Å²) < 4.78 is 35.5. The predicted octanol–water partition coefficient (Wildman–Crippen LogP) is 3.68. The number of aliphatic hydroxyl groups is 3. The Bertz CT molecular complexity index is 2240. The van der Waals surface area contributed by atoms with E-state index >= 15 is 4.79 Å². The van der Waals surface area contributed by atoms with E-state index in [0.717, 1.165) is 6.92 Å². The Morgan fingerprint density at radius 3 is 2.09 bits per heavy atom. The van der Waals surface area contributed by atoms with Crippen LogP contribution in [-0.4, -0.2) is 122 Å². The molecule has 1 aliphatic heterocycles. The lowest BCUT2D eigenvalue weighted by Gasteiger charge is -2.67. The zero-order chi connectivity index (χ0) is 48.0. The van der Waals surface area contributed by atoms with Crippen molar-refractivity contribution in [1.82, 2.24) is 5.32 Å². The van der Waals surface area contributed by atoms with E-state index in [-0.39, 0.29) is 35.3 Å². The highest BCUT2D eigenvalue weighted by Crippen LogP contribution is 2.64. The van der Waals surface area contributed by atoms with Gasteiger partial charge in [-0.25, -0.2) is 14.4 Å². The monoisotopic (exact) mass is 907 g/mol. The normalized spacial score (nSPS) is 31.2. The summed E-state index contributed by atoms with van der Waals surface area (Å²) >= 11 is 0. The molecule has 0 radical (unpaired) electrons. The Morgan fingerprint density at radius 1 is 0.923 bits per heavy atom. The first-order chi connectivity index (χ1) is 30.3. The van der Waals surface area contributed by atoms with E-state index in [0.29, 0.717) is 0 Å². The molecule has 2 saturated carbocycles. The first kappa shape index (κ1) is 48.8. The average Bonchev–Trinajstić information content (AvgIpc) is 3.22. The van der Waals surface area contributed by atoms with Crippen LogP contribution < -0.4 is 5.32 Å². The minimum absolute atomic E-state index is 0.0334. The average molecular weight is 908 g/mol. The van der Waals surface area contributed by atoms with Gasteiger partial charge in [0.25, 0.3) is 0 Å². The van der Waals surface area contributed by atoms with Gasteiger partial charge in [-0.05, 0) is 63.5 Å². The van der Waals surface area contributed by atoms with Crippen molar-refractivity contribution in [3.05, 3.63) is 82.9 Å². The number of ether oxygens (including phenoxy) is 6. The van der Waals surface area contributed by atoms with Crippen LogP contribution in [0.3, 0.4) is 0 Å². The Hall–Kier alpha value is -5.69. The number of ketones is 1. The van der Waals surface area contributed by atoms with Crippen molar-refractivity contribution in [2.45, 2.75) is 141 Å². The quantitative estimate of drug-likeness (QED) is 0.116. The number of alkyl carbamates (subject to hydrolysis) is 1. The van der Waals surface area contributed by atoms with Gasteiger partial charge in [-0.15, -0.1) is 0 Å². The fraction of sp³-hybridized carbons (Fsp3) is 0.553. The fourth-order valence-corrected chi connectivity index (χ4v) is 10.1. The Kier molecular flexibility index (Phi) is 13.5. The number of hydrogen-bond donors (Lipinski definition) is 5. The van der Waals surface area contributed by atoms with Crippen LogP contribution in [0.4, 0.5) is 4.79 Å². The molecule has 3 fully saturated rings. The molecule has 2 bridgehead atoms. The van der Waals surface area contributed by atoms with Gasteiger partial charge < -0.3 is 54.2 Å². The van der Waals surface area contributed by atoms with E-state index in [2.05, 4.69) is 5.32 Å². The molecule has 2 aromatic carbocycles. The first-order valence-electron chi connectivity index (χ1n) is 21.4. The third-order valence-corrected chi connectivity index (χ3v) is 13.3. The number of fused-ring (bicyclic) bond motifs is 5. The fourth-order valence-electron chi connectivity index (χ4n) is 10.1. The van der Waals surface area contributed by atoms with Crippen molar-refractivity contribution in [2.75, 3.05) is 6.61 Å². The number of nitrogens with one attached hydrogen (secondary N) is 1. The maximum Gasteiger partial charge on any atom is 0.408 e. The molecule has 4 aliphatic rings. The molecule has 1 saturated heterocycles. The van der Waals surface area contributed by atoms with E-state index < -0.39 is 137 Å². The van der Waals surface area contributed by atoms with Crippen LogP contribution in [-0.2, 0) is 52.4 Å². The molecule has 3 aliphatic carbocycles. The number of esters is 4. The number of rotatable bonds is 12. The zero-order valence-electron chi connectivity index (χ0n) is 37.5. The number of carboxylic acids is 1. The number of benzene rings is 2. The van der Waals surface area contributed by atoms with Gasteiger partial charge in [0.15, 0.2) is 11.4 Å². The lowest BCUT2D eigenvalue weighted by Crippen LogP contribution is -2.81. The molecule has 18 nitrogen and oxygen atoms in total. The number of Topliss-reactive ketones (excluding diaryl/α,β-unsaturated/α-hetero) is 1. The lowest BCUT2D eigenvalue weighted by molar-refractivity contribution is -0.346. The molecule has 352 valence electrons. The molecular weight excluding hydrogens is 851 g/mol. The molecule has 1 heterocycles. The third kappa shape index (κ3) is 9.00. The maximum absolute atomic E-state index is 15.1. The SMILES string of the molecule is CC(=O)O[C@@]12CO[C@@H]1C[C@H](O)[C@@]1(C)C(=O)[C@H](O)C3=C(C)[C@@H](OC(=O)[C@H](OC(=O)CCC(=O)O)[C@@H](NC(=O)OC(C)(C)C)c4ccccc4)C[C@@](O)(C(OC(=O)c4ccccc4)C12)C3(C)C. The highest BCUT2D eigenvalue weighted by Gasteiger charge is 2.78. The molecule has 0 spiro atoms. The van der Waals surface area contributed by atoms with Crippen LogP contribution in [0.25, 0.3) is 0 Å². The van der Waals surface area contributed by atoms with Crippen molar-refractivity contribution in [3.63, 3.8) is 0 Å². The number of amides is 1. The van der Waals surface area contributed by atoms with Crippen LogP contribution in [0.2, 0.25) is 0 Å². The van der Waals surface area contributed by atoms with Crippen LogP contribution in [0.1, 0.15) is 103 Å². The molecule has 5 N–H and O–H groups in total. The van der Waals surface area contributed by atoms with E-state index in [9.17, 15) is 49.2 Å².